The minimum absolute atomic E-state index is 0.0325. The first-order valence-electron chi connectivity index (χ1n) is 7.91. The third-order valence-corrected chi connectivity index (χ3v) is 5.09. The van der Waals surface area contributed by atoms with Gasteiger partial charge < -0.3 is 20.9 Å². The maximum absolute atomic E-state index is 9.34. The highest BCUT2D eigenvalue weighted by Crippen LogP contribution is 2.35. The van der Waals surface area contributed by atoms with E-state index in [2.05, 4.69) is 21.4 Å². The van der Waals surface area contributed by atoms with Crippen molar-refractivity contribution in [2.45, 2.75) is 31.7 Å². The molecule has 3 aromatic rings. The molecule has 4 N–H and O–H groups in total. The highest BCUT2D eigenvalue weighted by molar-refractivity contribution is 7.09. The zero-order valence-corrected chi connectivity index (χ0v) is 13.9. The Bertz CT molecular complexity index is 832. The smallest absolute Gasteiger partial charge is 0.206 e. The van der Waals surface area contributed by atoms with Gasteiger partial charge in [-0.05, 0) is 30.4 Å². The summed E-state index contributed by atoms with van der Waals surface area (Å²) >= 11 is 1.69. The van der Waals surface area contributed by atoms with Gasteiger partial charge in [0.05, 0.1) is 24.8 Å². The van der Waals surface area contributed by atoms with Crippen LogP contribution >= 0.6 is 11.3 Å². The number of nitrogens with two attached hydrogens (primary N) is 1. The Morgan fingerprint density at radius 3 is 3.08 bits per heavy atom. The third kappa shape index (κ3) is 2.72. The van der Waals surface area contributed by atoms with Crippen molar-refractivity contribution < 1.29 is 9.84 Å². The zero-order valence-electron chi connectivity index (χ0n) is 13.1. The lowest BCUT2D eigenvalue weighted by molar-refractivity contribution is -0.0195. The fourth-order valence-corrected chi connectivity index (χ4v) is 3.69. The lowest BCUT2D eigenvalue weighted by Crippen LogP contribution is -2.16. The van der Waals surface area contributed by atoms with Gasteiger partial charge in [-0.25, -0.2) is 9.97 Å². The molecule has 3 aromatic heterocycles. The van der Waals surface area contributed by atoms with Crippen LogP contribution in [0.4, 0.5) is 11.8 Å². The number of anilines is 2. The van der Waals surface area contributed by atoms with Gasteiger partial charge in [0.15, 0.2) is 5.82 Å². The Morgan fingerprint density at radius 1 is 1.42 bits per heavy atom. The van der Waals surface area contributed by atoms with Crippen molar-refractivity contribution in [3.05, 3.63) is 34.7 Å². The number of hydrogen-bond donors (Lipinski definition) is 3. The molecule has 0 aliphatic carbocycles. The number of nitrogens with one attached hydrogen (secondary N) is 1. The van der Waals surface area contributed by atoms with Crippen LogP contribution in [-0.2, 0) is 11.3 Å². The number of ether oxygens (including phenoxy) is 1. The van der Waals surface area contributed by atoms with Crippen molar-refractivity contribution in [3.8, 4) is 0 Å². The Morgan fingerprint density at radius 2 is 2.33 bits per heavy atom. The molecule has 1 fully saturated rings. The van der Waals surface area contributed by atoms with Crippen molar-refractivity contribution in [1.29, 1.82) is 0 Å². The van der Waals surface area contributed by atoms with E-state index in [0.717, 1.165) is 18.4 Å². The Labute approximate surface area is 143 Å². The van der Waals surface area contributed by atoms with Gasteiger partial charge in [-0.15, -0.1) is 11.3 Å². The molecule has 4 rings (SSSR count). The van der Waals surface area contributed by atoms with Crippen LogP contribution in [0.2, 0.25) is 0 Å². The number of aliphatic hydroxyl groups is 1. The lowest BCUT2D eigenvalue weighted by atomic mass is 10.2. The van der Waals surface area contributed by atoms with Crippen molar-refractivity contribution >= 4 is 34.1 Å². The second-order valence-electron chi connectivity index (χ2n) is 5.77. The molecule has 0 spiro atoms. The number of nitrogen functional groups attached to an aromatic ring is 1. The maximum Gasteiger partial charge on any atom is 0.206 e. The Kier molecular flexibility index (Phi) is 4.09. The van der Waals surface area contributed by atoms with Crippen molar-refractivity contribution in [1.82, 2.24) is 14.5 Å². The molecule has 126 valence electrons. The van der Waals surface area contributed by atoms with E-state index in [-0.39, 0.29) is 18.9 Å². The van der Waals surface area contributed by atoms with Gasteiger partial charge in [0.25, 0.3) is 0 Å². The van der Waals surface area contributed by atoms with E-state index in [1.54, 1.807) is 17.5 Å². The van der Waals surface area contributed by atoms with Crippen LogP contribution in [0.3, 0.4) is 0 Å². The normalized spacial score (nSPS) is 20.7. The molecule has 2 atom stereocenters. The molecule has 7 nitrogen and oxygen atoms in total. The summed E-state index contributed by atoms with van der Waals surface area (Å²) in [6.45, 7) is 0.718. The van der Waals surface area contributed by atoms with E-state index in [1.807, 2.05) is 22.1 Å². The van der Waals surface area contributed by atoms with Crippen LogP contribution in [0.15, 0.2) is 29.8 Å². The number of aliphatic hydroxyl groups excluding tert-OH is 1. The largest absolute Gasteiger partial charge is 0.394 e. The van der Waals surface area contributed by atoms with Crippen molar-refractivity contribution in [2.75, 3.05) is 17.7 Å². The summed E-state index contributed by atoms with van der Waals surface area (Å²) in [5.41, 5.74) is 7.55. The average Bonchev–Trinajstić information content (AvgIpc) is 3.32. The van der Waals surface area contributed by atoms with Gasteiger partial charge in [-0.2, -0.15) is 0 Å². The van der Waals surface area contributed by atoms with E-state index in [1.165, 1.54) is 4.88 Å². The summed E-state index contributed by atoms with van der Waals surface area (Å²) in [5, 5.41) is 14.8. The number of hydrogen-bond acceptors (Lipinski definition) is 7. The fraction of sp³-hybridized carbons (Fsp3) is 0.375. The highest BCUT2D eigenvalue weighted by Gasteiger charge is 2.29. The predicted octanol–water partition coefficient (Wildman–Crippen LogP) is 2.36. The molecule has 4 heterocycles. The molecule has 1 aliphatic heterocycles. The van der Waals surface area contributed by atoms with Gasteiger partial charge in [0.2, 0.25) is 5.95 Å². The summed E-state index contributed by atoms with van der Waals surface area (Å²) in [4.78, 5) is 9.98. The molecule has 0 radical (unpaired) electrons. The maximum atomic E-state index is 9.34. The summed E-state index contributed by atoms with van der Waals surface area (Å²) in [5.74, 6) is 1.11. The minimum Gasteiger partial charge on any atom is -0.394 e. The summed E-state index contributed by atoms with van der Waals surface area (Å²) in [6, 6.07) is 6.00. The number of fused-ring (bicyclic) bond motifs is 1. The number of nitrogens with zero attached hydrogens (tertiary/aromatic N) is 3. The Hall–Kier alpha value is -2.16. The number of thiophene rings is 1. The summed E-state index contributed by atoms with van der Waals surface area (Å²) in [7, 11) is 0. The van der Waals surface area contributed by atoms with Crippen LogP contribution in [0, 0.1) is 0 Å². The fourth-order valence-electron chi connectivity index (χ4n) is 3.05. The van der Waals surface area contributed by atoms with Gasteiger partial charge in [0.1, 0.15) is 11.7 Å². The number of pyridine rings is 1. The van der Waals surface area contributed by atoms with E-state index in [4.69, 9.17) is 10.5 Å². The number of rotatable bonds is 5. The molecule has 1 aliphatic rings. The van der Waals surface area contributed by atoms with Crippen LogP contribution in [0.25, 0.3) is 11.0 Å². The first kappa shape index (κ1) is 15.4. The Balaban J connectivity index is 1.71. The summed E-state index contributed by atoms with van der Waals surface area (Å²) in [6.07, 6.45) is 3.03. The first-order chi connectivity index (χ1) is 11.8. The van der Waals surface area contributed by atoms with E-state index < -0.39 is 0 Å². The molecule has 2 unspecified atom stereocenters. The van der Waals surface area contributed by atoms with Crippen LogP contribution in [-0.4, -0.2) is 32.4 Å². The second kappa shape index (κ2) is 6.39. The quantitative estimate of drug-likeness (QED) is 0.657. The topological polar surface area (TPSA) is 98.2 Å². The second-order valence-corrected chi connectivity index (χ2v) is 6.81. The van der Waals surface area contributed by atoms with Crippen LogP contribution in [0.5, 0.6) is 0 Å². The molecule has 0 bridgehead atoms. The lowest BCUT2D eigenvalue weighted by Gasteiger charge is -2.18. The van der Waals surface area contributed by atoms with Crippen molar-refractivity contribution in [3.63, 3.8) is 0 Å². The predicted molar refractivity (Wildman–Crippen MR) is 93.8 cm³/mol. The zero-order chi connectivity index (χ0) is 16.5. The van der Waals surface area contributed by atoms with Crippen LogP contribution in [0.1, 0.15) is 23.9 Å². The monoisotopic (exact) mass is 345 g/mol. The molecule has 0 amide bonds. The first-order valence-corrected chi connectivity index (χ1v) is 8.79. The third-order valence-electron chi connectivity index (χ3n) is 4.21. The molecule has 24 heavy (non-hydrogen) atoms. The SMILES string of the molecule is Nc1nccc2c1nc(NCc1cccs1)n2C1CCC(CO)O1. The van der Waals surface area contributed by atoms with Gasteiger partial charge in [-0.1, -0.05) is 6.07 Å². The molecule has 0 aromatic carbocycles. The molecule has 8 heteroatoms. The minimum atomic E-state index is -0.167. The standard InChI is InChI=1S/C16H19N5O2S/c17-15-14-12(5-6-18-15)21(13-4-3-10(9-22)23-13)16(20-14)19-8-11-2-1-7-24-11/h1-2,5-7,10,13,22H,3-4,8-9H2,(H2,17,18)(H,19,20). The van der Waals surface area contributed by atoms with Crippen molar-refractivity contribution in [2.24, 2.45) is 0 Å². The molecular weight excluding hydrogens is 326 g/mol. The molecule has 0 saturated carbocycles. The van der Waals surface area contributed by atoms with Gasteiger partial charge in [0, 0.05) is 11.1 Å². The number of aromatic nitrogens is 3. The van der Waals surface area contributed by atoms with E-state index in [0.29, 0.717) is 23.8 Å². The summed E-state index contributed by atoms with van der Waals surface area (Å²) < 4.78 is 7.98. The molecule has 1 saturated heterocycles. The molecular formula is C16H19N5O2S. The van der Waals surface area contributed by atoms with Gasteiger partial charge >= 0.3 is 0 Å². The van der Waals surface area contributed by atoms with E-state index in [9.17, 15) is 5.11 Å². The van der Waals surface area contributed by atoms with Gasteiger partial charge in [-0.3, -0.25) is 4.57 Å². The van der Waals surface area contributed by atoms with Crippen LogP contribution < -0.4 is 11.1 Å². The van der Waals surface area contributed by atoms with E-state index >= 15 is 0 Å². The highest BCUT2D eigenvalue weighted by atomic mass is 32.1. The number of imidazole rings is 1. The average molecular weight is 345 g/mol.